The summed E-state index contributed by atoms with van der Waals surface area (Å²) in [6.45, 7) is 3.43. The van der Waals surface area contributed by atoms with E-state index in [9.17, 15) is 19.8 Å². The largest absolute Gasteiger partial charge is 0.504 e. The summed E-state index contributed by atoms with van der Waals surface area (Å²) >= 11 is 0. The number of anilines is 1. The number of phenolic OH excluding ortho intramolecular Hbond substituents is 1. The quantitative estimate of drug-likeness (QED) is 0.420. The van der Waals surface area contributed by atoms with Gasteiger partial charge in [-0.15, -0.1) is 0 Å². The minimum absolute atomic E-state index is 0.0142. The molecule has 2 aliphatic heterocycles. The first-order valence-corrected chi connectivity index (χ1v) is 14.3. The highest BCUT2D eigenvalue weighted by Crippen LogP contribution is 2.65. The lowest BCUT2D eigenvalue weighted by molar-refractivity contribution is -0.197. The Morgan fingerprint density at radius 3 is 2.75 bits per heavy atom. The predicted octanol–water partition coefficient (Wildman–Crippen LogP) is 3.96. The average Bonchev–Trinajstić information content (AvgIpc) is 3.58. The maximum absolute atomic E-state index is 14.1. The molecular weight excluding hydrogens is 508 g/mol. The first-order chi connectivity index (χ1) is 19.3. The number of nitrogens with zero attached hydrogens (tertiary/aromatic N) is 1. The van der Waals surface area contributed by atoms with Crippen molar-refractivity contribution < 1.29 is 29.0 Å². The van der Waals surface area contributed by atoms with Crippen LogP contribution in [0.15, 0.2) is 52.9 Å². The molecule has 3 fully saturated rings. The minimum Gasteiger partial charge on any atom is -0.504 e. The number of benzene rings is 2. The molecular formula is C32H32N2O6. The van der Waals surface area contributed by atoms with Crippen LogP contribution in [-0.2, 0) is 21.4 Å². The minimum atomic E-state index is -1.35. The fourth-order valence-corrected chi connectivity index (χ4v) is 8.09. The van der Waals surface area contributed by atoms with Crippen LogP contribution in [0.2, 0.25) is 0 Å². The molecule has 8 nitrogen and oxygen atoms in total. The highest BCUT2D eigenvalue weighted by Gasteiger charge is 2.75. The third kappa shape index (κ3) is 3.14. The zero-order valence-electron chi connectivity index (χ0n) is 22.4. The van der Waals surface area contributed by atoms with Crippen molar-refractivity contribution in [3.05, 3.63) is 65.4 Å². The third-order valence-electron chi connectivity index (χ3n) is 10.2. The van der Waals surface area contributed by atoms with E-state index in [0.717, 1.165) is 29.8 Å². The van der Waals surface area contributed by atoms with Crippen LogP contribution in [0.4, 0.5) is 5.69 Å². The number of carbonyl (C=O) groups is 2. The van der Waals surface area contributed by atoms with Crippen molar-refractivity contribution in [3.63, 3.8) is 0 Å². The van der Waals surface area contributed by atoms with Gasteiger partial charge in [0.2, 0.25) is 5.91 Å². The second-order valence-electron chi connectivity index (χ2n) is 12.3. The van der Waals surface area contributed by atoms with Gasteiger partial charge in [-0.2, -0.15) is 0 Å². The topological polar surface area (TPSA) is 112 Å². The van der Waals surface area contributed by atoms with Gasteiger partial charge < -0.3 is 24.7 Å². The second kappa shape index (κ2) is 8.21. The van der Waals surface area contributed by atoms with Crippen LogP contribution >= 0.6 is 0 Å². The molecule has 8 rings (SSSR count). The standard InChI is InChI=1S/C32H32N2O6/c1-17-22(14-24(39-17)19-5-3-2-4-6-19)33-30(37)21-15-32(38)25-13-20-9-10-23(35)28-26(20)31(32,29(40-28)27(21)36)11-12-34(25)16-18-7-8-18/h2-6,9-10,14,18,21,25,29,35,38H,7-8,11-13,15-16H2,1H3,(H,33,37)/t21?,25-,29+,31+,32-/m1/s1. The van der Waals surface area contributed by atoms with Crippen LogP contribution in [0.5, 0.6) is 11.5 Å². The maximum atomic E-state index is 14.1. The van der Waals surface area contributed by atoms with Gasteiger partial charge in [0.15, 0.2) is 23.4 Å². The lowest BCUT2D eigenvalue weighted by Crippen LogP contribution is -2.78. The number of aryl methyl sites for hydroxylation is 1. The Kier molecular flexibility index (Phi) is 4.97. The van der Waals surface area contributed by atoms with Crippen molar-refractivity contribution in [2.75, 3.05) is 18.4 Å². The number of ketones is 1. The summed E-state index contributed by atoms with van der Waals surface area (Å²) in [7, 11) is 0. The van der Waals surface area contributed by atoms with Crippen molar-refractivity contribution in [1.82, 2.24) is 4.90 Å². The van der Waals surface area contributed by atoms with E-state index in [-0.39, 0.29) is 24.0 Å². The van der Waals surface area contributed by atoms with Crippen molar-refractivity contribution in [1.29, 1.82) is 0 Å². The number of aliphatic hydroxyl groups is 1. The van der Waals surface area contributed by atoms with E-state index >= 15 is 0 Å². The normalized spacial score (nSPS) is 31.9. The number of furan rings is 1. The Hall–Kier alpha value is -3.62. The van der Waals surface area contributed by atoms with Crippen molar-refractivity contribution in [3.8, 4) is 22.8 Å². The van der Waals surface area contributed by atoms with E-state index in [4.69, 9.17) is 9.15 Å². The molecule has 1 saturated heterocycles. The van der Waals surface area contributed by atoms with Crippen LogP contribution in [0.1, 0.15) is 42.6 Å². The number of Topliss-reactive ketones (excluding diaryl/α,β-unsaturated/α-hetero) is 1. The smallest absolute Gasteiger partial charge is 0.235 e. The number of hydrogen-bond acceptors (Lipinski definition) is 7. The van der Waals surface area contributed by atoms with Crippen LogP contribution in [0.3, 0.4) is 0 Å². The molecule has 2 saturated carbocycles. The van der Waals surface area contributed by atoms with Crippen LogP contribution in [-0.4, -0.2) is 57.6 Å². The molecule has 40 heavy (non-hydrogen) atoms. The van der Waals surface area contributed by atoms with Gasteiger partial charge in [-0.25, -0.2) is 0 Å². The molecule has 3 heterocycles. The fraction of sp³-hybridized carbons (Fsp3) is 0.438. The Morgan fingerprint density at radius 1 is 1.18 bits per heavy atom. The van der Waals surface area contributed by atoms with Crippen LogP contribution < -0.4 is 10.1 Å². The number of piperidine rings is 1. The fourth-order valence-electron chi connectivity index (χ4n) is 8.09. The molecule has 3 aromatic rings. The highest BCUT2D eigenvalue weighted by molar-refractivity contribution is 6.11. The number of amides is 1. The summed E-state index contributed by atoms with van der Waals surface area (Å²) in [5.74, 6) is 0.146. The van der Waals surface area contributed by atoms with Gasteiger partial charge in [-0.3, -0.25) is 14.5 Å². The summed E-state index contributed by atoms with van der Waals surface area (Å²) in [6.07, 6.45) is 2.52. The number of rotatable bonds is 5. The third-order valence-corrected chi connectivity index (χ3v) is 10.2. The average molecular weight is 541 g/mol. The number of phenols is 1. The molecule has 2 aromatic carbocycles. The Labute approximate surface area is 231 Å². The van der Waals surface area contributed by atoms with Gasteiger partial charge in [-0.1, -0.05) is 36.4 Å². The summed E-state index contributed by atoms with van der Waals surface area (Å²) in [5.41, 5.74) is 0.844. The maximum Gasteiger partial charge on any atom is 0.235 e. The molecule has 1 unspecified atom stereocenters. The van der Waals surface area contributed by atoms with Gasteiger partial charge in [-0.05, 0) is 63.1 Å². The molecule has 5 atom stereocenters. The van der Waals surface area contributed by atoms with E-state index in [1.165, 1.54) is 12.8 Å². The van der Waals surface area contributed by atoms with E-state index in [1.807, 2.05) is 36.4 Å². The van der Waals surface area contributed by atoms with Gasteiger partial charge in [0.25, 0.3) is 0 Å². The number of nitrogens with one attached hydrogen (secondary N) is 1. The van der Waals surface area contributed by atoms with Gasteiger partial charge in [0.05, 0.1) is 16.7 Å². The van der Waals surface area contributed by atoms with Crippen LogP contribution in [0.25, 0.3) is 11.3 Å². The molecule has 8 heteroatoms. The SMILES string of the molecule is Cc1oc(-c2ccccc2)cc1NC(=O)C1C[C@@]2(O)[C@H]3Cc4ccc(O)c5c4[C@@]2(CCN3CC2CC2)[C@@H](O5)C1=O. The van der Waals surface area contributed by atoms with Gasteiger partial charge in [0.1, 0.15) is 17.4 Å². The molecule has 206 valence electrons. The summed E-state index contributed by atoms with van der Waals surface area (Å²) in [6, 6.07) is 14.7. The number of ether oxygens (including phenoxy) is 1. The summed E-state index contributed by atoms with van der Waals surface area (Å²) in [5, 5.41) is 26.4. The first kappa shape index (κ1) is 24.2. The summed E-state index contributed by atoms with van der Waals surface area (Å²) in [4.78, 5) is 30.3. The number of hydrogen-bond donors (Lipinski definition) is 3. The molecule has 5 aliphatic rings. The summed E-state index contributed by atoms with van der Waals surface area (Å²) < 4.78 is 12.2. The van der Waals surface area contributed by atoms with Crippen molar-refractivity contribution >= 4 is 17.4 Å². The molecule has 3 aliphatic carbocycles. The molecule has 1 spiro atoms. The van der Waals surface area contributed by atoms with E-state index in [0.29, 0.717) is 41.7 Å². The number of likely N-dealkylation sites (tertiary alicyclic amines) is 1. The van der Waals surface area contributed by atoms with Crippen LogP contribution in [0, 0.1) is 18.8 Å². The number of aromatic hydroxyl groups is 1. The Bertz CT molecular complexity index is 1560. The van der Waals surface area contributed by atoms with E-state index in [2.05, 4.69) is 10.2 Å². The van der Waals surface area contributed by atoms with E-state index in [1.54, 1.807) is 19.1 Å². The van der Waals surface area contributed by atoms with Gasteiger partial charge in [0, 0.05) is 29.8 Å². The predicted molar refractivity (Wildman–Crippen MR) is 146 cm³/mol. The first-order valence-electron chi connectivity index (χ1n) is 14.3. The molecule has 1 amide bonds. The molecule has 0 radical (unpaired) electrons. The Balaban J connectivity index is 1.17. The highest BCUT2D eigenvalue weighted by atomic mass is 16.5. The zero-order valence-corrected chi connectivity index (χ0v) is 22.4. The number of carbonyl (C=O) groups excluding carboxylic acids is 2. The van der Waals surface area contributed by atoms with Crippen molar-refractivity contribution in [2.45, 2.75) is 62.2 Å². The monoisotopic (exact) mass is 540 g/mol. The Morgan fingerprint density at radius 2 is 1.98 bits per heavy atom. The molecule has 1 aromatic heterocycles. The lowest BCUT2D eigenvalue weighted by Gasteiger charge is -2.63. The molecule has 3 N–H and O–H groups in total. The lowest BCUT2D eigenvalue weighted by atomic mass is 9.47. The second-order valence-corrected chi connectivity index (χ2v) is 12.3. The molecule has 2 bridgehead atoms. The van der Waals surface area contributed by atoms with Gasteiger partial charge >= 0.3 is 0 Å². The van der Waals surface area contributed by atoms with Crippen molar-refractivity contribution in [2.24, 2.45) is 11.8 Å². The zero-order chi connectivity index (χ0) is 27.4. The van der Waals surface area contributed by atoms with E-state index < -0.39 is 28.9 Å².